The van der Waals surface area contributed by atoms with Crippen LogP contribution in [0.4, 0.5) is 0 Å². The van der Waals surface area contributed by atoms with E-state index in [0.29, 0.717) is 5.92 Å². The summed E-state index contributed by atoms with van der Waals surface area (Å²) in [6, 6.07) is 0.942. The number of benzene rings is 1. The van der Waals surface area contributed by atoms with E-state index in [9.17, 15) is 31.3 Å². The fraction of sp³-hybridized carbons (Fsp3) is 0.591. The quantitative estimate of drug-likeness (QED) is 0.367. The smallest absolute Gasteiger partial charge is 0.446 e. The fourth-order valence-electron chi connectivity index (χ4n) is 6.05. The van der Waals surface area contributed by atoms with Crippen molar-refractivity contribution in [3.8, 4) is 17.2 Å². The number of fused-ring (bicyclic) bond motifs is 1. The van der Waals surface area contributed by atoms with Gasteiger partial charge in [0.1, 0.15) is 5.56 Å². The molecule has 1 aromatic rings. The predicted octanol–water partition coefficient (Wildman–Crippen LogP) is 4.21. The lowest BCUT2D eigenvalue weighted by Gasteiger charge is -2.56. The van der Waals surface area contributed by atoms with Gasteiger partial charge in [0.05, 0.1) is 0 Å². The SMILES string of the molecule is C[C@H]1CC[C@H]2C(C)(C)CCC[C@]2(C)C1=Cc1cc(OS(=O)(=O)O)c(O)c(C=O)c1OS(=O)(=O)O. The van der Waals surface area contributed by atoms with Crippen molar-refractivity contribution in [2.24, 2.45) is 22.7 Å². The summed E-state index contributed by atoms with van der Waals surface area (Å²) in [5.41, 5.74) is -0.152. The maximum absolute atomic E-state index is 11.7. The number of allylic oxidation sites excluding steroid dienone is 1. The number of carbonyl (C=O) groups excluding carboxylic acids is 1. The Hall–Kier alpha value is -2.15. The lowest BCUT2D eigenvalue weighted by atomic mass is 9.48. The van der Waals surface area contributed by atoms with Crippen LogP contribution in [0.15, 0.2) is 11.6 Å². The van der Waals surface area contributed by atoms with E-state index < -0.39 is 43.6 Å². The minimum atomic E-state index is -5.12. The van der Waals surface area contributed by atoms with Crippen LogP contribution in [0, 0.1) is 22.7 Å². The first-order chi connectivity index (χ1) is 15.5. The zero-order valence-corrected chi connectivity index (χ0v) is 21.1. The Morgan fingerprint density at radius 3 is 2.21 bits per heavy atom. The van der Waals surface area contributed by atoms with Crippen molar-refractivity contribution in [2.75, 3.05) is 0 Å². The molecule has 2 aliphatic rings. The van der Waals surface area contributed by atoms with Crippen molar-refractivity contribution < 1.29 is 44.2 Å². The molecule has 3 rings (SSSR count). The first-order valence-corrected chi connectivity index (χ1v) is 13.6. The highest BCUT2D eigenvalue weighted by Crippen LogP contribution is 2.61. The summed E-state index contributed by atoms with van der Waals surface area (Å²) in [6.45, 7) is 8.60. The molecule has 34 heavy (non-hydrogen) atoms. The fourth-order valence-corrected chi connectivity index (χ4v) is 6.80. The summed E-state index contributed by atoms with van der Waals surface area (Å²) < 4.78 is 73.0. The Morgan fingerprint density at radius 1 is 1.03 bits per heavy atom. The molecular formula is C22H30O10S2. The number of rotatable bonds is 6. The normalized spacial score (nSPS) is 28.2. The number of hydrogen-bond donors (Lipinski definition) is 3. The monoisotopic (exact) mass is 518 g/mol. The number of phenolic OH excluding ortho intramolecular Hbond substituents is 1. The minimum Gasteiger partial charge on any atom is -0.504 e. The molecule has 12 heteroatoms. The number of aromatic hydroxyl groups is 1. The second-order valence-corrected chi connectivity index (χ2v) is 12.1. The Balaban J connectivity index is 2.31. The molecule has 2 aliphatic carbocycles. The van der Waals surface area contributed by atoms with Gasteiger partial charge >= 0.3 is 20.8 Å². The molecule has 3 atom stereocenters. The van der Waals surface area contributed by atoms with E-state index in [0.717, 1.165) is 43.7 Å². The van der Waals surface area contributed by atoms with Crippen molar-refractivity contribution in [3.63, 3.8) is 0 Å². The van der Waals surface area contributed by atoms with Crippen LogP contribution in [0.1, 0.15) is 75.7 Å². The van der Waals surface area contributed by atoms with Gasteiger partial charge in [-0.1, -0.05) is 45.8 Å². The van der Waals surface area contributed by atoms with E-state index in [4.69, 9.17) is 4.55 Å². The average Bonchev–Trinajstić information content (AvgIpc) is 2.65. The van der Waals surface area contributed by atoms with Crippen molar-refractivity contribution >= 4 is 33.2 Å². The van der Waals surface area contributed by atoms with E-state index in [-0.39, 0.29) is 28.6 Å². The van der Waals surface area contributed by atoms with Gasteiger partial charge < -0.3 is 13.5 Å². The molecule has 0 aliphatic heterocycles. The summed E-state index contributed by atoms with van der Waals surface area (Å²) >= 11 is 0. The molecule has 190 valence electrons. The molecule has 0 heterocycles. The minimum absolute atomic E-state index is 0.0350. The Kier molecular flexibility index (Phi) is 6.86. The van der Waals surface area contributed by atoms with Crippen LogP contribution in [-0.4, -0.2) is 37.3 Å². The largest absolute Gasteiger partial charge is 0.504 e. The second kappa shape index (κ2) is 8.81. The third-order valence-electron chi connectivity index (χ3n) is 7.40. The Morgan fingerprint density at radius 2 is 1.65 bits per heavy atom. The highest BCUT2D eigenvalue weighted by Gasteiger charge is 2.51. The molecule has 2 fully saturated rings. The van der Waals surface area contributed by atoms with E-state index in [1.165, 1.54) is 0 Å². The number of phenols is 1. The van der Waals surface area contributed by atoms with Gasteiger partial charge in [-0.2, -0.15) is 16.8 Å². The Labute approximate surface area is 199 Å². The molecule has 0 saturated heterocycles. The van der Waals surface area contributed by atoms with Crippen molar-refractivity contribution in [1.82, 2.24) is 0 Å². The molecule has 0 aromatic heterocycles. The molecule has 0 radical (unpaired) electrons. The molecule has 0 amide bonds. The lowest BCUT2D eigenvalue weighted by molar-refractivity contribution is -0.00534. The molecular weight excluding hydrogens is 488 g/mol. The summed E-state index contributed by atoms with van der Waals surface area (Å²) in [5.74, 6) is -2.18. The Bertz CT molecular complexity index is 1230. The van der Waals surface area contributed by atoms with Crippen molar-refractivity contribution in [3.05, 3.63) is 22.8 Å². The standard InChI is InChI=1S/C22H30O10S2/c1-13-6-7-18-21(2,3)8-5-9-22(18,4)16(13)10-14-11-17(31-33(25,26)27)19(24)15(12-23)20(14)32-34(28,29)30/h10-13,18,24H,5-9H2,1-4H3,(H,25,26,27)(H,28,29,30)/t13-,18-,22+/m0/s1. The van der Waals surface area contributed by atoms with Crippen molar-refractivity contribution in [2.45, 2.75) is 59.8 Å². The summed E-state index contributed by atoms with van der Waals surface area (Å²) in [4.78, 5) is 11.7. The van der Waals surface area contributed by atoms with Crippen LogP contribution in [0.2, 0.25) is 0 Å². The van der Waals surface area contributed by atoms with Crippen LogP contribution in [0.3, 0.4) is 0 Å². The zero-order valence-electron chi connectivity index (χ0n) is 19.4. The van der Waals surface area contributed by atoms with E-state index in [1.807, 2.05) is 6.92 Å². The van der Waals surface area contributed by atoms with Gasteiger partial charge in [-0.3, -0.25) is 13.9 Å². The zero-order chi connectivity index (χ0) is 25.7. The predicted molar refractivity (Wildman–Crippen MR) is 123 cm³/mol. The maximum Gasteiger partial charge on any atom is 0.446 e. The van der Waals surface area contributed by atoms with Gasteiger partial charge in [-0.05, 0) is 54.4 Å². The molecule has 10 nitrogen and oxygen atoms in total. The van der Waals surface area contributed by atoms with Gasteiger partial charge in [0.2, 0.25) is 0 Å². The highest BCUT2D eigenvalue weighted by molar-refractivity contribution is 7.81. The van der Waals surface area contributed by atoms with E-state index in [2.05, 4.69) is 29.1 Å². The molecule has 1 aromatic carbocycles. The molecule has 0 bridgehead atoms. The van der Waals surface area contributed by atoms with E-state index >= 15 is 0 Å². The van der Waals surface area contributed by atoms with E-state index in [1.54, 1.807) is 6.08 Å². The highest BCUT2D eigenvalue weighted by atomic mass is 32.3. The second-order valence-electron chi connectivity index (χ2n) is 10.1. The molecule has 2 saturated carbocycles. The third-order valence-corrected chi connectivity index (χ3v) is 8.17. The van der Waals surface area contributed by atoms with Crippen LogP contribution in [0.25, 0.3) is 6.08 Å². The van der Waals surface area contributed by atoms with Crippen LogP contribution < -0.4 is 8.37 Å². The molecule has 0 unspecified atom stereocenters. The molecule has 3 N–H and O–H groups in total. The van der Waals surface area contributed by atoms with Crippen LogP contribution >= 0.6 is 0 Å². The molecule has 0 spiro atoms. The van der Waals surface area contributed by atoms with Gasteiger partial charge in [-0.25, -0.2) is 0 Å². The summed E-state index contributed by atoms with van der Waals surface area (Å²) in [5, 5.41) is 10.3. The number of hydrogen-bond acceptors (Lipinski definition) is 8. The maximum atomic E-state index is 11.7. The van der Waals surface area contributed by atoms with Gasteiger partial charge in [-0.15, -0.1) is 0 Å². The average molecular weight is 519 g/mol. The van der Waals surface area contributed by atoms with Crippen molar-refractivity contribution in [1.29, 1.82) is 0 Å². The third kappa shape index (κ3) is 5.24. The van der Waals surface area contributed by atoms with Gasteiger partial charge in [0.25, 0.3) is 0 Å². The first-order valence-electron chi connectivity index (χ1n) is 10.9. The van der Waals surface area contributed by atoms with Crippen LogP contribution in [-0.2, 0) is 20.8 Å². The topological polar surface area (TPSA) is 164 Å². The first kappa shape index (κ1) is 26.5. The van der Waals surface area contributed by atoms with Crippen LogP contribution in [0.5, 0.6) is 17.2 Å². The number of carbonyl (C=O) groups is 1. The number of aldehydes is 1. The van der Waals surface area contributed by atoms with Gasteiger partial charge in [0, 0.05) is 5.56 Å². The van der Waals surface area contributed by atoms with Gasteiger partial charge in [0.15, 0.2) is 23.5 Å². The summed E-state index contributed by atoms with van der Waals surface area (Å²) in [6.07, 6.45) is 6.41. The summed E-state index contributed by atoms with van der Waals surface area (Å²) in [7, 11) is -10.2. The lowest BCUT2D eigenvalue weighted by Crippen LogP contribution is -2.47.